The molecule has 0 saturated carbocycles. The van der Waals surface area contributed by atoms with Crippen LogP contribution in [0.4, 0.5) is 11.4 Å². The Hall–Kier alpha value is -4.01. The van der Waals surface area contributed by atoms with Crippen molar-refractivity contribution in [1.29, 1.82) is 0 Å². The molecule has 2 heterocycles. The number of aromatic nitrogens is 1. The maximum absolute atomic E-state index is 12.3. The van der Waals surface area contributed by atoms with Gasteiger partial charge in [-0.25, -0.2) is 4.99 Å². The Morgan fingerprint density at radius 1 is 1.00 bits per heavy atom. The number of benzene rings is 3. The van der Waals surface area contributed by atoms with Crippen molar-refractivity contribution in [3.8, 4) is 17.4 Å². The maximum atomic E-state index is 12.3. The fourth-order valence-corrected chi connectivity index (χ4v) is 4.63. The van der Waals surface area contributed by atoms with E-state index in [1.807, 2.05) is 67.5 Å². The number of hydrogen-bond donors (Lipinski definition) is 2. The largest absolute Gasteiger partial charge is 0.494 e. The van der Waals surface area contributed by atoms with E-state index in [0.29, 0.717) is 58.8 Å². The monoisotopic (exact) mass is 532 g/mol. The van der Waals surface area contributed by atoms with Gasteiger partial charge in [0, 0.05) is 41.7 Å². The van der Waals surface area contributed by atoms with Gasteiger partial charge in [0.2, 0.25) is 5.91 Å². The average molecular weight is 533 g/mol. The number of halogens is 1. The van der Waals surface area contributed by atoms with Crippen molar-refractivity contribution in [2.45, 2.75) is 6.92 Å². The molecule has 38 heavy (non-hydrogen) atoms. The Balaban J connectivity index is 1.60. The minimum Gasteiger partial charge on any atom is -0.494 e. The van der Waals surface area contributed by atoms with Gasteiger partial charge in [0.1, 0.15) is 13.2 Å². The van der Waals surface area contributed by atoms with Crippen molar-refractivity contribution in [3.63, 3.8) is 0 Å². The van der Waals surface area contributed by atoms with Crippen LogP contribution in [0.15, 0.2) is 65.7 Å². The third-order valence-corrected chi connectivity index (χ3v) is 6.58. The molecule has 1 aliphatic heterocycles. The molecule has 0 bridgehead atoms. The summed E-state index contributed by atoms with van der Waals surface area (Å²) in [5.74, 6) is 1.25. The lowest BCUT2D eigenvalue weighted by atomic mass is 10.00. The number of fused-ring (bicyclic) bond motifs is 2. The van der Waals surface area contributed by atoms with E-state index in [-0.39, 0.29) is 11.8 Å². The number of anilines is 1. The number of likely N-dealkylation sites (N-methyl/N-ethyl adjacent to an activating group) is 1. The van der Waals surface area contributed by atoms with Gasteiger partial charge in [-0.05, 0) is 68.7 Å². The van der Waals surface area contributed by atoms with Crippen LogP contribution in [0.2, 0.25) is 5.02 Å². The lowest BCUT2D eigenvalue weighted by Gasteiger charge is -2.23. The van der Waals surface area contributed by atoms with Gasteiger partial charge in [0.25, 0.3) is 0 Å². The molecule has 0 radical (unpaired) electrons. The van der Waals surface area contributed by atoms with Gasteiger partial charge < -0.3 is 29.4 Å². The van der Waals surface area contributed by atoms with Crippen molar-refractivity contribution in [3.05, 3.63) is 76.8 Å². The highest BCUT2D eigenvalue weighted by Gasteiger charge is 2.22. The molecule has 2 N–H and O–H groups in total. The number of nitrogens with zero attached hydrogens (tertiary/aromatic N) is 3. The molecule has 196 valence electrons. The van der Waals surface area contributed by atoms with Crippen LogP contribution < -0.4 is 14.4 Å². The molecule has 8 nitrogen and oxygen atoms in total. The van der Waals surface area contributed by atoms with Crippen LogP contribution in [0, 0.1) is 0 Å². The normalized spacial score (nSPS) is 13.2. The predicted octanol–water partition coefficient (Wildman–Crippen LogP) is 5.38. The van der Waals surface area contributed by atoms with Crippen LogP contribution in [0.25, 0.3) is 10.9 Å². The van der Waals surface area contributed by atoms with Gasteiger partial charge in [-0.15, -0.1) is 0 Å². The summed E-state index contributed by atoms with van der Waals surface area (Å²) in [6.45, 7) is 3.85. The third kappa shape index (κ3) is 5.32. The molecule has 1 aromatic heterocycles. The van der Waals surface area contributed by atoms with Crippen LogP contribution in [0.1, 0.15) is 18.1 Å². The highest BCUT2D eigenvalue weighted by atomic mass is 35.5. The standard InChI is InChI=1S/C29H29ClN4O4/c1-18(35)34(13-12-33(2)3)22-8-6-21(7-9-22)31-28(19-4-11-25-26(16-19)38-15-14-37-25)27-23-10-5-20(30)17-24(23)32-29(27)36/h4-11,16-17,32,36H,12-15H2,1-3H3. The molecule has 0 unspecified atom stereocenters. The highest BCUT2D eigenvalue weighted by molar-refractivity contribution is 6.31. The van der Waals surface area contributed by atoms with E-state index in [2.05, 4.69) is 4.98 Å². The van der Waals surface area contributed by atoms with Crippen molar-refractivity contribution < 1.29 is 19.4 Å². The predicted molar refractivity (Wildman–Crippen MR) is 151 cm³/mol. The summed E-state index contributed by atoms with van der Waals surface area (Å²) in [6, 6.07) is 18.5. The SMILES string of the molecule is CC(=O)N(CCN(C)C)c1ccc(N=C(c2ccc3c(c2)OCCO3)c2c(O)[nH]c3cc(Cl)ccc23)cc1. The summed E-state index contributed by atoms with van der Waals surface area (Å²) in [6.07, 6.45) is 0. The van der Waals surface area contributed by atoms with Crippen molar-refractivity contribution >= 4 is 45.5 Å². The Morgan fingerprint density at radius 2 is 1.74 bits per heavy atom. The third-order valence-electron chi connectivity index (χ3n) is 6.35. The van der Waals surface area contributed by atoms with Crippen LogP contribution >= 0.6 is 11.6 Å². The highest BCUT2D eigenvalue weighted by Crippen LogP contribution is 2.36. The van der Waals surface area contributed by atoms with E-state index >= 15 is 0 Å². The van der Waals surface area contributed by atoms with Gasteiger partial charge in [-0.3, -0.25) is 4.79 Å². The zero-order valence-electron chi connectivity index (χ0n) is 21.5. The summed E-state index contributed by atoms with van der Waals surface area (Å²) in [5.41, 5.74) is 4.01. The first-order chi connectivity index (χ1) is 18.3. The van der Waals surface area contributed by atoms with Gasteiger partial charge in [0.05, 0.1) is 22.5 Å². The van der Waals surface area contributed by atoms with Crippen LogP contribution in [-0.2, 0) is 4.79 Å². The molecule has 0 spiro atoms. The molecule has 1 amide bonds. The minimum atomic E-state index is -0.0255. The van der Waals surface area contributed by atoms with E-state index in [0.717, 1.165) is 23.2 Å². The zero-order valence-corrected chi connectivity index (χ0v) is 22.2. The molecular weight excluding hydrogens is 504 g/mol. The second-order valence-electron chi connectivity index (χ2n) is 9.35. The van der Waals surface area contributed by atoms with Crippen molar-refractivity contribution in [2.24, 2.45) is 4.99 Å². The smallest absolute Gasteiger partial charge is 0.223 e. The van der Waals surface area contributed by atoms with E-state index in [9.17, 15) is 9.90 Å². The number of hydrogen-bond acceptors (Lipinski definition) is 6. The summed E-state index contributed by atoms with van der Waals surface area (Å²) >= 11 is 6.20. The number of carbonyl (C=O) groups excluding carboxylic acids is 1. The number of nitrogens with one attached hydrogen (secondary N) is 1. The minimum absolute atomic E-state index is 0.0148. The van der Waals surface area contributed by atoms with Gasteiger partial charge in [-0.2, -0.15) is 0 Å². The second-order valence-corrected chi connectivity index (χ2v) is 9.78. The number of aromatic amines is 1. The summed E-state index contributed by atoms with van der Waals surface area (Å²) in [5, 5.41) is 12.3. The van der Waals surface area contributed by atoms with Gasteiger partial charge >= 0.3 is 0 Å². The number of H-pyrrole nitrogens is 1. The number of aromatic hydroxyl groups is 1. The molecule has 0 saturated heterocycles. The maximum Gasteiger partial charge on any atom is 0.223 e. The van der Waals surface area contributed by atoms with E-state index in [1.165, 1.54) is 0 Å². The number of amides is 1. The van der Waals surface area contributed by atoms with Gasteiger partial charge in [0.15, 0.2) is 17.4 Å². The second kappa shape index (κ2) is 10.8. The first kappa shape index (κ1) is 25.6. The van der Waals surface area contributed by atoms with Crippen LogP contribution in [0.3, 0.4) is 0 Å². The number of carbonyl (C=O) groups is 1. The number of rotatable bonds is 7. The quantitative estimate of drug-likeness (QED) is 0.312. The average Bonchev–Trinajstić information content (AvgIpc) is 3.22. The van der Waals surface area contributed by atoms with E-state index < -0.39 is 0 Å². The molecule has 1 aliphatic rings. The Morgan fingerprint density at radius 3 is 2.45 bits per heavy atom. The first-order valence-corrected chi connectivity index (χ1v) is 12.7. The topological polar surface area (TPSA) is 90.4 Å². The van der Waals surface area contributed by atoms with Crippen LogP contribution in [0.5, 0.6) is 17.4 Å². The fourth-order valence-electron chi connectivity index (χ4n) is 4.46. The van der Waals surface area contributed by atoms with Gasteiger partial charge in [-0.1, -0.05) is 17.7 Å². The Bertz CT molecular complexity index is 1510. The Labute approximate surface area is 226 Å². The summed E-state index contributed by atoms with van der Waals surface area (Å²) in [4.78, 5) is 24.0. The van der Waals surface area contributed by atoms with E-state index in [1.54, 1.807) is 24.0 Å². The number of ether oxygens (including phenoxy) is 2. The molecular formula is C29H29ClN4O4. The summed E-state index contributed by atoms with van der Waals surface area (Å²) in [7, 11) is 3.95. The molecule has 0 fully saturated rings. The number of aliphatic imine (C=N–C) groups is 1. The van der Waals surface area contributed by atoms with Crippen molar-refractivity contribution in [1.82, 2.24) is 9.88 Å². The summed E-state index contributed by atoms with van der Waals surface area (Å²) < 4.78 is 11.5. The first-order valence-electron chi connectivity index (χ1n) is 12.3. The Kier molecular flexibility index (Phi) is 7.26. The molecule has 9 heteroatoms. The lowest BCUT2D eigenvalue weighted by Crippen LogP contribution is -2.35. The molecule has 0 atom stereocenters. The zero-order chi connectivity index (χ0) is 26.8. The van der Waals surface area contributed by atoms with E-state index in [4.69, 9.17) is 26.1 Å². The molecule has 4 aromatic rings. The fraction of sp³-hybridized carbons (Fsp3) is 0.241. The van der Waals surface area contributed by atoms with Crippen LogP contribution in [-0.4, -0.2) is 67.0 Å². The molecule has 3 aromatic carbocycles. The molecule has 0 aliphatic carbocycles. The lowest BCUT2D eigenvalue weighted by molar-refractivity contribution is -0.116. The molecule has 5 rings (SSSR count). The van der Waals surface area contributed by atoms with Crippen molar-refractivity contribution in [2.75, 3.05) is 45.3 Å².